The van der Waals surface area contributed by atoms with Crippen LogP contribution in [0.3, 0.4) is 0 Å². The van der Waals surface area contributed by atoms with Gasteiger partial charge in [0.2, 0.25) is 0 Å². The Balaban J connectivity index is 2.35. The highest BCUT2D eigenvalue weighted by molar-refractivity contribution is 5.98. The average molecular weight is 234 g/mol. The van der Waals surface area contributed by atoms with Crippen molar-refractivity contribution >= 4 is 11.5 Å². The van der Waals surface area contributed by atoms with Gasteiger partial charge in [0.15, 0.2) is 0 Å². The zero-order valence-corrected chi connectivity index (χ0v) is 10.2. The van der Waals surface area contributed by atoms with E-state index in [9.17, 15) is 0 Å². The molecule has 0 bridgehead atoms. The molecule has 0 saturated carbocycles. The van der Waals surface area contributed by atoms with Gasteiger partial charge in [0.1, 0.15) is 11.5 Å². The van der Waals surface area contributed by atoms with Crippen LogP contribution in [0.5, 0.6) is 0 Å². The van der Waals surface area contributed by atoms with E-state index in [1.807, 2.05) is 19.1 Å². The molecule has 92 valence electrons. The first kappa shape index (κ1) is 11.9. The number of pyridine rings is 1. The minimum absolute atomic E-state index is 0.00643. The molecule has 1 aromatic rings. The molecule has 0 aliphatic carbocycles. The van der Waals surface area contributed by atoms with Crippen molar-refractivity contribution in [2.75, 3.05) is 18.1 Å². The summed E-state index contributed by atoms with van der Waals surface area (Å²) in [6.07, 6.45) is 1.85. The fourth-order valence-corrected chi connectivity index (χ4v) is 2.08. The molecule has 17 heavy (non-hydrogen) atoms. The molecular weight excluding hydrogens is 216 g/mol. The number of nitrogen functional groups attached to an aromatic ring is 1. The van der Waals surface area contributed by atoms with E-state index in [4.69, 9.17) is 15.9 Å². The highest BCUT2D eigenvalue weighted by Gasteiger charge is 2.26. The van der Waals surface area contributed by atoms with Crippen LogP contribution < -0.4 is 10.6 Å². The van der Waals surface area contributed by atoms with E-state index in [0.29, 0.717) is 12.3 Å². The third-order valence-electron chi connectivity index (χ3n) is 2.96. The van der Waals surface area contributed by atoms with Gasteiger partial charge < -0.3 is 15.4 Å². The number of hydrogen-bond donors (Lipinski definition) is 2. The molecule has 5 nitrogen and oxygen atoms in total. The molecule has 1 saturated heterocycles. The summed E-state index contributed by atoms with van der Waals surface area (Å²) < 4.78 is 5.60. The van der Waals surface area contributed by atoms with Gasteiger partial charge in [-0.25, -0.2) is 0 Å². The third-order valence-corrected chi connectivity index (χ3v) is 2.96. The van der Waals surface area contributed by atoms with Crippen LogP contribution in [0.25, 0.3) is 0 Å². The molecule has 0 radical (unpaired) electrons. The Labute approximate surface area is 101 Å². The molecule has 2 heterocycles. The highest BCUT2D eigenvalue weighted by Crippen LogP contribution is 2.24. The minimum Gasteiger partial charge on any atom is -0.382 e. The summed E-state index contributed by atoms with van der Waals surface area (Å²) in [5.74, 6) is 0.00643. The summed E-state index contributed by atoms with van der Waals surface area (Å²) in [6.45, 7) is 5.63. The first-order valence-electron chi connectivity index (χ1n) is 5.77. The lowest BCUT2D eigenvalue weighted by molar-refractivity contribution is 0.0343. The molecule has 1 aliphatic heterocycles. The zero-order valence-electron chi connectivity index (χ0n) is 10.2. The Morgan fingerprint density at radius 1 is 1.59 bits per heavy atom. The van der Waals surface area contributed by atoms with Crippen molar-refractivity contribution in [2.45, 2.75) is 26.0 Å². The maximum atomic E-state index is 7.57. The lowest BCUT2D eigenvalue weighted by atomic mass is 10.1. The van der Waals surface area contributed by atoms with Crippen molar-refractivity contribution in [1.82, 2.24) is 4.98 Å². The number of nitrogens with two attached hydrogens (primary N) is 1. The molecule has 1 aliphatic rings. The van der Waals surface area contributed by atoms with Crippen LogP contribution in [0.4, 0.5) is 5.69 Å². The normalized spacial score (nSPS) is 24.7. The number of amidine groups is 1. The third kappa shape index (κ3) is 2.39. The van der Waals surface area contributed by atoms with E-state index >= 15 is 0 Å². The number of rotatable bonds is 2. The summed E-state index contributed by atoms with van der Waals surface area (Å²) in [5.41, 5.74) is 7.03. The number of hydrogen-bond acceptors (Lipinski definition) is 4. The maximum absolute atomic E-state index is 7.57. The van der Waals surface area contributed by atoms with E-state index in [1.54, 1.807) is 6.20 Å². The Morgan fingerprint density at radius 2 is 2.35 bits per heavy atom. The summed E-state index contributed by atoms with van der Waals surface area (Å²) in [6, 6.07) is 4.10. The number of ether oxygens (including phenoxy) is 1. The molecule has 0 spiro atoms. The number of nitrogens with zero attached hydrogens (tertiary/aromatic N) is 2. The van der Waals surface area contributed by atoms with Gasteiger partial charge in [0.05, 0.1) is 18.4 Å². The van der Waals surface area contributed by atoms with Gasteiger partial charge >= 0.3 is 0 Å². The Kier molecular flexibility index (Phi) is 3.28. The average Bonchev–Trinajstić information content (AvgIpc) is 2.32. The quantitative estimate of drug-likeness (QED) is 0.591. The van der Waals surface area contributed by atoms with Crippen molar-refractivity contribution in [3.05, 3.63) is 24.0 Å². The second-order valence-corrected chi connectivity index (χ2v) is 4.43. The first-order chi connectivity index (χ1) is 8.09. The van der Waals surface area contributed by atoms with E-state index in [-0.39, 0.29) is 18.0 Å². The van der Waals surface area contributed by atoms with Crippen LogP contribution in [-0.2, 0) is 4.74 Å². The minimum atomic E-state index is 0.00643. The summed E-state index contributed by atoms with van der Waals surface area (Å²) in [5, 5.41) is 7.57. The van der Waals surface area contributed by atoms with Gasteiger partial charge in [0, 0.05) is 18.8 Å². The SMILES string of the molecule is CC1CN(c2cccnc2C(=N)N)C(C)CO1. The van der Waals surface area contributed by atoms with Crippen LogP contribution >= 0.6 is 0 Å². The van der Waals surface area contributed by atoms with Crippen molar-refractivity contribution in [1.29, 1.82) is 5.41 Å². The molecule has 0 amide bonds. The molecule has 1 fully saturated rings. The predicted octanol–water partition coefficient (Wildman–Crippen LogP) is 0.979. The van der Waals surface area contributed by atoms with Gasteiger partial charge in [0.25, 0.3) is 0 Å². The predicted molar refractivity (Wildman–Crippen MR) is 67.5 cm³/mol. The topological polar surface area (TPSA) is 75.2 Å². The Bertz CT molecular complexity index is 421. The van der Waals surface area contributed by atoms with Crippen molar-refractivity contribution in [3.8, 4) is 0 Å². The summed E-state index contributed by atoms with van der Waals surface area (Å²) >= 11 is 0. The fourth-order valence-electron chi connectivity index (χ4n) is 2.08. The van der Waals surface area contributed by atoms with Crippen LogP contribution in [0, 0.1) is 5.41 Å². The molecule has 5 heteroatoms. The Hall–Kier alpha value is -1.62. The molecule has 2 unspecified atom stereocenters. The van der Waals surface area contributed by atoms with Gasteiger partial charge in [-0.3, -0.25) is 10.4 Å². The molecule has 1 aromatic heterocycles. The monoisotopic (exact) mass is 234 g/mol. The maximum Gasteiger partial charge on any atom is 0.143 e. The number of anilines is 1. The van der Waals surface area contributed by atoms with Crippen LogP contribution in [0.2, 0.25) is 0 Å². The first-order valence-corrected chi connectivity index (χ1v) is 5.77. The summed E-state index contributed by atoms with van der Waals surface area (Å²) in [7, 11) is 0. The van der Waals surface area contributed by atoms with Crippen molar-refractivity contribution < 1.29 is 4.74 Å². The smallest absolute Gasteiger partial charge is 0.143 e. The van der Waals surface area contributed by atoms with Crippen molar-refractivity contribution in [2.24, 2.45) is 5.73 Å². The van der Waals surface area contributed by atoms with E-state index in [1.165, 1.54) is 0 Å². The van der Waals surface area contributed by atoms with Gasteiger partial charge in [-0.05, 0) is 26.0 Å². The second kappa shape index (κ2) is 4.71. The lowest BCUT2D eigenvalue weighted by Gasteiger charge is -2.39. The molecule has 2 rings (SSSR count). The fraction of sp³-hybridized carbons (Fsp3) is 0.500. The lowest BCUT2D eigenvalue weighted by Crippen LogP contribution is -2.48. The van der Waals surface area contributed by atoms with Gasteiger partial charge in [-0.1, -0.05) is 0 Å². The van der Waals surface area contributed by atoms with Gasteiger partial charge in [-0.15, -0.1) is 0 Å². The standard InChI is InChI=1S/C12H18N4O/c1-8-7-17-9(2)6-16(8)10-4-3-5-15-11(10)12(13)14/h3-5,8-9H,6-7H2,1-2H3,(H3,13,14). The zero-order chi connectivity index (χ0) is 12.4. The number of nitrogens with one attached hydrogen (secondary N) is 1. The summed E-state index contributed by atoms with van der Waals surface area (Å²) in [4.78, 5) is 6.39. The van der Waals surface area contributed by atoms with Gasteiger partial charge in [-0.2, -0.15) is 0 Å². The van der Waals surface area contributed by atoms with Crippen LogP contribution in [-0.4, -0.2) is 36.1 Å². The van der Waals surface area contributed by atoms with E-state index in [0.717, 1.165) is 12.2 Å². The largest absolute Gasteiger partial charge is 0.382 e. The Morgan fingerprint density at radius 3 is 3.06 bits per heavy atom. The van der Waals surface area contributed by atoms with E-state index < -0.39 is 0 Å². The molecule has 2 atom stereocenters. The second-order valence-electron chi connectivity index (χ2n) is 4.43. The van der Waals surface area contributed by atoms with Crippen LogP contribution in [0.15, 0.2) is 18.3 Å². The number of aromatic nitrogens is 1. The molecular formula is C12H18N4O. The highest BCUT2D eigenvalue weighted by atomic mass is 16.5. The molecule has 3 N–H and O–H groups in total. The number of morpholine rings is 1. The van der Waals surface area contributed by atoms with Crippen LogP contribution in [0.1, 0.15) is 19.5 Å². The molecule has 0 aromatic carbocycles. The van der Waals surface area contributed by atoms with E-state index in [2.05, 4.69) is 16.8 Å². The van der Waals surface area contributed by atoms with Crippen molar-refractivity contribution in [3.63, 3.8) is 0 Å².